The van der Waals surface area contributed by atoms with Crippen molar-refractivity contribution in [3.8, 4) is 0 Å². The first-order valence-electron chi connectivity index (χ1n) is 8.25. The first-order chi connectivity index (χ1) is 11.5. The molecule has 0 aliphatic carbocycles. The molecular formula is C18H23N3O2S. The summed E-state index contributed by atoms with van der Waals surface area (Å²) in [5.41, 5.74) is 1.75. The zero-order chi connectivity index (χ0) is 17.2. The Morgan fingerprint density at radius 3 is 2.67 bits per heavy atom. The zero-order valence-electron chi connectivity index (χ0n) is 14.1. The molecular weight excluding hydrogens is 322 g/mol. The minimum atomic E-state index is -3.62. The largest absolute Gasteiger partial charge is 0.370 e. The van der Waals surface area contributed by atoms with Gasteiger partial charge >= 0.3 is 0 Å². The molecule has 1 aromatic carbocycles. The molecule has 1 atom stereocenters. The molecule has 0 spiro atoms. The predicted molar refractivity (Wildman–Crippen MR) is 96.8 cm³/mol. The number of piperidine rings is 1. The fourth-order valence-corrected chi connectivity index (χ4v) is 4.36. The topological polar surface area (TPSA) is 62.3 Å². The molecule has 0 bridgehead atoms. The van der Waals surface area contributed by atoms with Crippen LogP contribution in [0.15, 0.2) is 47.5 Å². The van der Waals surface area contributed by atoms with Crippen molar-refractivity contribution in [2.75, 3.05) is 22.7 Å². The Balaban J connectivity index is 1.75. The van der Waals surface area contributed by atoms with Crippen LogP contribution < -0.4 is 9.62 Å². The quantitative estimate of drug-likeness (QED) is 0.922. The third kappa shape index (κ3) is 3.70. The van der Waals surface area contributed by atoms with E-state index in [0.29, 0.717) is 17.3 Å². The summed E-state index contributed by atoms with van der Waals surface area (Å²) in [6, 6.07) is 10.6. The van der Waals surface area contributed by atoms with Crippen LogP contribution in [0.2, 0.25) is 0 Å². The molecule has 1 aliphatic rings. The van der Waals surface area contributed by atoms with Crippen LogP contribution in [-0.4, -0.2) is 26.5 Å². The third-order valence-electron chi connectivity index (χ3n) is 4.39. The summed E-state index contributed by atoms with van der Waals surface area (Å²) in [7, 11) is -3.62. The van der Waals surface area contributed by atoms with Gasteiger partial charge in [-0.3, -0.25) is 4.72 Å². The lowest BCUT2D eigenvalue weighted by atomic mass is 10.00. The number of benzene rings is 1. The number of hydrogen-bond donors (Lipinski definition) is 1. The number of nitrogens with zero attached hydrogens (tertiary/aromatic N) is 2. The number of aryl methyl sites for hydroxylation is 1. The van der Waals surface area contributed by atoms with E-state index in [1.807, 2.05) is 12.1 Å². The fourth-order valence-electron chi connectivity index (χ4n) is 3.11. The van der Waals surface area contributed by atoms with Gasteiger partial charge in [0, 0.05) is 13.1 Å². The normalized spacial score (nSPS) is 18.4. The van der Waals surface area contributed by atoms with Crippen LogP contribution in [0, 0.1) is 12.8 Å². The summed E-state index contributed by atoms with van der Waals surface area (Å²) in [6.07, 6.45) is 4.19. The highest BCUT2D eigenvalue weighted by molar-refractivity contribution is 7.92. The van der Waals surface area contributed by atoms with E-state index >= 15 is 0 Å². The van der Waals surface area contributed by atoms with Crippen molar-refractivity contribution in [1.82, 2.24) is 4.98 Å². The monoisotopic (exact) mass is 345 g/mol. The molecule has 6 heteroatoms. The fraction of sp³-hybridized carbons (Fsp3) is 0.389. The number of rotatable bonds is 4. The van der Waals surface area contributed by atoms with Crippen LogP contribution >= 0.6 is 0 Å². The molecule has 1 saturated heterocycles. The molecule has 3 rings (SSSR count). The van der Waals surface area contributed by atoms with Gasteiger partial charge < -0.3 is 4.90 Å². The van der Waals surface area contributed by atoms with E-state index in [-0.39, 0.29) is 4.90 Å². The average Bonchev–Trinajstić information content (AvgIpc) is 2.55. The average molecular weight is 345 g/mol. The van der Waals surface area contributed by atoms with E-state index in [1.165, 1.54) is 12.8 Å². The summed E-state index contributed by atoms with van der Waals surface area (Å²) in [4.78, 5) is 6.87. The molecule has 2 heterocycles. The van der Waals surface area contributed by atoms with Crippen LogP contribution in [0.25, 0.3) is 0 Å². The first-order valence-corrected chi connectivity index (χ1v) is 9.73. The molecule has 0 saturated carbocycles. The van der Waals surface area contributed by atoms with Crippen molar-refractivity contribution in [2.24, 2.45) is 5.92 Å². The Morgan fingerprint density at radius 2 is 2.00 bits per heavy atom. The van der Waals surface area contributed by atoms with E-state index in [1.54, 1.807) is 37.4 Å². The van der Waals surface area contributed by atoms with Gasteiger partial charge in [-0.15, -0.1) is 0 Å². The molecule has 1 unspecified atom stereocenters. The van der Waals surface area contributed by atoms with E-state index in [4.69, 9.17) is 0 Å². The molecule has 1 N–H and O–H groups in total. The van der Waals surface area contributed by atoms with Gasteiger partial charge in [0.2, 0.25) is 0 Å². The molecule has 5 nitrogen and oxygen atoms in total. The number of aromatic nitrogens is 1. The van der Waals surface area contributed by atoms with E-state index in [2.05, 4.69) is 21.5 Å². The van der Waals surface area contributed by atoms with Crippen LogP contribution in [-0.2, 0) is 10.0 Å². The van der Waals surface area contributed by atoms with Gasteiger partial charge in [-0.25, -0.2) is 13.4 Å². The number of anilines is 2. The Bertz CT molecular complexity index is 803. The van der Waals surface area contributed by atoms with E-state index < -0.39 is 10.0 Å². The van der Waals surface area contributed by atoms with Crippen molar-refractivity contribution < 1.29 is 8.42 Å². The highest BCUT2D eigenvalue weighted by Crippen LogP contribution is 2.24. The molecule has 128 valence electrons. The summed E-state index contributed by atoms with van der Waals surface area (Å²) >= 11 is 0. The standard InChI is InChI=1S/C18H23N3O2S/c1-14-6-5-11-21(13-14)16-9-10-18(19-12-16)20-24(22,23)17-8-4-3-7-15(17)2/h3-4,7-10,12,14H,5-6,11,13H2,1-2H3,(H,19,20). The van der Waals surface area contributed by atoms with Crippen molar-refractivity contribution in [1.29, 1.82) is 0 Å². The molecule has 24 heavy (non-hydrogen) atoms. The SMILES string of the molecule is Cc1ccccc1S(=O)(=O)Nc1ccc(N2CCCC(C)C2)cn1. The van der Waals surface area contributed by atoms with Crippen LogP contribution in [0.4, 0.5) is 11.5 Å². The van der Waals surface area contributed by atoms with Gasteiger partial charge in [0.05, 0.1) is 16.8 Å². The second-order valence-electron chi connectivity index (χ2n) is 6.47. The van der Waals surface area contributed by atoms with Gasteiger partial charge in [-0.05, 0) is 49.4 Å². The van der Waals surface area contributed by atoms with Gasteiger partial charge in [0.25, 0.3) is 10.0 Å². The minimum absolute atomic E-state index is 0.278. The zero-order valence-corrected chi connectivity index (χ0v) is 14.9. The summed E-state index contributed by atoms with van der Waals surface area (Å²) in [6.45, 7) is 6.09. The lowest BCUT2D eigenvalue weighted by Crippen LogP contribution is -2.34. The van der Waals surface area contributed by atoms with Crippen molar-refractivity contribution in [3.05, 3.63) is 48.2 Å². The van der Waals surface area contributed by atoms with Gasteiger partial charge in [0.1, 0.15) is 5.82 Å². The minimum Gasteiger partial charge on any atom is -0.370 e. The van der Waals surface area contributed by atoms with E-state index in [9.17, 15) is 8.42 Å². The van der Waals surface area contributed by atoms with Gasteiger partial charge in [0.15, 0.2) is 0 Å². The molecule has 0 amide bonds. The highest BCUT2D eigenvalue weighted by Gasteiger charge is 2.19. The number of sulfonamides is 1. The third-order valence-corrected chi connectivity index (χ3v) is 5.91. The van der Waals surface area contributed by atoms with Gasteiger partial charge in [-0.2, -0.15) is 0 Å². The molecule has 1 aromatic heterocycles. The molecule has 2 aromatic rings. The highest BCUT2D eigenvalue weighted by atomic mass is 32.2. The smallest absolute Gasteiger partial charge is 0.263 e. The van der Waals surface area contributed by atoms with Crippen LogP contribution in [0.3, 0.4) is 0 Å². The number of pyridine rings is 1. The predicted octanol–water partition coefficient (Wildman–Crippen LogP) is 3.43. The Hall–Kier alpha value is -2.08. The number of nitrogens with one attached hydrogen (secondary N) is 1. The number of hydrogen-bond acceptors (Lipinski definition) is 4. The lowest BCUT2D eigenvalue weighted by molar-refractivity contribution is 0.446. The summed E-state index contributed by atoms with van der Waals surface area (Å²) in [5, 5.41) is 0. The second kappa shape index (κ2) is 6.81. The van der Waals surface area contributed by atoms with Crippen molar-refractivity contribution in [3.63, 3.8) is 0 Å². The first kappa shape index (κ1) is 16.8. The van der Waals surface area contributed by atoms with Gasteiger partial charge in [-0.1, -0.05) is 25.1 Å². The van der Waals surface area contributed by atoms with E-state index in [0.717, 1.165) is 18.8 Å². The summed E-state index contributed by atoms with van der Waals surface area (Å²) in [5.74, 6) is 1.02. The molecule has 1 aliphatic heterocycles. The Kier molecular flexibility index (Phi) is 4.76. The maximum Gasteiger partial charge on any atom is 0.263 e. The van der Waals surface area contributed by atoms with Crippen LogP contribution in [0.1, 0.15) is 25.3 Å². The summed E-state index contributed by atoms with van der Waals surface area (Å²) < 4.78 is 27.5. The van der Waals surface area contributed by atoms with Crippen LogP contribution in [0.5, 0.6) is 0 Å². The Morgan fingerprint density at radius 1 is 1.21 bits per heavy atom. The van der Waals surface area contributed by atoms with Crippen molar-refractivity contribution in [2.45, 2.75) is 31.6 Å². The van der Waals surface area contributed by atoms with Crippen molar-refractivity contribution >= 4 is 21.5 Å². The second-order valence-corrected chi connectivity index (χ2v) is 8.12. The molecule has 0 radical (unpaired) electrons. The Labute approximate surface area is 143 Å². The lowest BCUT2D eigenvalue weighted by Gasteiger charge is -2.32. The maximum atomic E-state index is 12.5. The maximum absolute atomic E-state index is 12.5. The molecule has 1 fully saturated rings.